The number of benzene rings is 1. The first kappa shape index (κ1) is 7.13. The molecule has 2 heteroatoms. The summed E-state index contributed by atoms with van der Waals surface area (Å²) in [6.07, 6.45) is 2.09. The summed E-state index contributed by atoms with van der Waals surface area (Å²) in [6.45, 7) is 0. The predicted octanol–water partition coefficient (Wildman–Crippen LogP) is 2.19. The first-order chi connectivity index (χ1) is 6.64. The van der Waals surface area contributed by atoms with E-state index >= 15 is 0 Å². The van der Waals surface area contributed by atoms with Crippen molar-refractivity contribution < 1.29 is 11.3 Å². The van der Waals surface area contributed by atoms with Gasteiger partial charge in [0.15, 0.2) is 0 Å². The van der Waals surface area contributed by atoms with Crippen LogP contribution in [-0.4, -0.2) is 11.1 Å². The Bertz CT molecular complexity index is 375. The van der Waals surface area contributed by atoms with Gasteiger partial charge >= 0.3 is 5.97 Å². The number of fused-ring (bicyclic) bond motifs is 1. The number of carbonyl (C=O) groups is 1. The fourth-order valence-electron chi connectivity index (χ4n) is 1.85. The van der Waals surface area contributed by atoms with E-state index in [-0.39, 0.29) is 0 Å². The van der Waals surface area contributed by atoms with Crippen LogP contribution in [0.3, 0.4) is 0 Å². The third-order valence-corrected chi connectivity index (χ3v) is 2.47. The fraction of sp³-hybridized carbons (Fsp3) is 0.364. The first-order valence-electron chi connectivity index (χ1n) is 4.96. The fourth-order valence-corrected chi connectivity index (χ4v) is 1.85. The standard InChI is InChI=1S/C11H12O2/c12-11(13)10-7-3-5-8-4-1-2-6-9(8)10/h1-2,4,6,10H,3,5,7H2,(H,12,13)/i10D. The molecule has 0 heterocycles. The second-order valence-electron chi connectivity index (χ2n) is 3.29. The van der Waals surface area contributed by atoms with Gasteiger partial charge in [-0.2, -0.15) is 0 Å². The molecule has 1 aliphatic carbocycles. The lowest BCUT2D eigenvalue weighted by atomic mass is 9.83. The zero-order valence-electron chi connectivity index (χ0n) is 8.29. The molecule has 0 spiro atoms. The zero-order valence-corrected chi connectivity index (χ0v) is 7.29. The Labute approximate surface area is 78.6 Å². The van der Waals surface area contributed by atoms with Crippen LogP contribution in [0, 0.1) is 0 Å². The number of aryl methyl sites for hydroxylation is 1. The van der Waals surface area contributed by atoms with Crippen molar-refractivity contribution in [3.05, 3.63) is 35.4 Å². The van der Waals surface area contributed by atoms with Gasteiger partial charge in [0.25, 0.3) is 0 Å². The van der Waals surface area contributed by atoms with Crippen LogP contribution in [0.15, 0.2) is 24.3 Å². The average molecular weight is 177 g/mol. The van der Waals surface area contributed by atoms with Crippen LogP contribution >= 0.6 is 0 Å². The van der Waals surface area contributed by atoms with Gasteiger partial charge < -0.3 is 5.11 Å². The lowest BCUT2D eigenvalue weighted by molar-refractivity contribution is -0.139. The lowest BCUT2D eigenvalue weighted by Crippen LogP contribution is -2.17. The Hall–Kier alpha value is -1.31. The van der Waals surface area contributed by atoms with E-state index in [1.807, 2.05) is 12.1 Å². The monoisotopic (exact) mass is 177 g/mol. The van der Waals surface area contributed by atoms with E-state index in [1.165, 1.54) is 0 Å². The Balaban J connectivity index is 2.55. The molecule has 68 valence electrons. The number of hydrogen-bond acceptors (Lipinski definition) is 1. The summed E-state index contributed by atoms with van der Waals surface area (Å²) in [5.74, 6) is -2.46. The van der Waals surface area contributed by atoms with Crippen LogP contribution in [-0.2, 0) is 11.2 Å². The topological polar surface area (TPSA) is 37.3 Å². The van der Waals surface area contributed by atoms with Gasteiger partial charge in [-0.25, -0.2) is 0 Å². The molecule has 1 aromatic rings. The van der Waals surface area contributed by atoms with Crippen molar-refractivity contribution in [3.8, 4) is 0 Å². The van der Waals surface area contributed by atoms with Crippen molar-refractivity contribution in [3.63, 3.8) is 0 Å². The second kappa shape index (κ2) is 3.21. The van der Waals surface area contributed by atoms with Gasteiger partial charge in [0.05, 0.1) is 5.89 Å². The molecule has 1 N–H and O–H groups in total. The van der Waals surface area contributed by atoms with Crippen molar-refractivity contribution in [2.24, 2.45) is 0 Å². The molecule has 1 atom stereocenters. The molecule has 13 heavy (non-hydrogen) atoms. The minimum atomic E-state index is -1.42. The molecule has 0 amide bonds. The maximum atomic E-state index is 11.1. The van der Waals surface area contributed by atoms with Crippen molar-refractivity contribution in [2.45, 2.75) is 25.2 Å². The van der Waals surface area contributed by atoms with E-state index in [0.29, 0.717) is 12.0 Å². The quantitative estimate of drug-likeness (QED) is 0.714. The SMILES string of the molecule is [2H]C1(C(=O)O)CCCc2ccccc21. The van der Waals surface area contributed by atoms with E-state index < -0.39 is 11.9 Å². The third kappa shape index (κ3) is 1.44. The van der Waals surface area contributed by atoms with Gasteiger partial charge in [0.2, 0.25) is 0 Å². The molecule has 0 saturated carbocycles. The highest BCUT2D eigenvalue weighted by Crippen LogP contribution is 2.31. The molecule has 0 fully saturated rings. The number of carboxylic acid groups (broad SMARTS) is 1. The van der Waals surface area contributed by atoms with Crippen molar-refractivity contribution >= 4 is 5.97 Å². The molecule has 0 aliphatic heterocycles. The summed E-state index contributed by atoms with van der Waals surface area (Å²) in [4.78, 5) is 11.1. The minimum Gasteiger partial charge on any atom is -0.481 e. The summed E-state index contributed by atoms with van der Waals surface area (Å²) in [5, 5.41) is 9.06. The zero-order chi connectivity index (χ0) is 10.2. The van der Waals surface area contributed by atoms with Crippen LogP contribution in [0.25, 0.3) is 0 Å². The lowest BCUT2D eigenvalue weighted by Gasteiger charge is -2.21. The normalized spacial score (nSPS) is 27.5. The van der Waals surface area contributed by atoms with E-state index in [9.17, 15) is 4.79 Å². The maximum absolute atomic E-state index is 11.1. The Morgan fingerprint density at radius 2 is 2.31 bits per heavy atom. The molecule has 0 bridgehead atoms. The average Bonchev–Trinajstić information content (AvgIpc) is 2.18. The van der Waals surface area contributed by atoms with Crippen LogP contribution in [0.4, 0.5) is 0 Å². The van der Waals surface area contributed by atoms with E-state index in [0.717, 1.165) is 18.4 Å². The molecule has 2 rings (SSSR count). The van der Waals surface area contributed by atoms with Crippen molar-refractivity contribution in [1.29, 1.82) is 0 Å². The Kier molecular flexibility index (Phi) is 1.76. The highest BCUT2D eigenvalue weighted by molar-refractivity contribution is 5.77. The van der Waals surface area contributed by atoms with E-state index in [4.69, 9.17) is 6.48 Å². The van der Waals surface area contributed by atoms with Crippen LogP contribution in [0.5, 0.6) is 0 Å². The van der Waals surface area contributed by atoms with Gasteiger partial charge in [-0.1, -0.05) is 24.3 Å². The summed E-state index contributed by atoms with van der Waals surface area (Å²) < 4.78 is 7.96. The summed E-state index contributed by atoms with van der Waals surface area (Å²) in [5.41, 5.74) is 1.68. The molecule has 2 nitrogen and oxygen atoms in total. The maximum Gasteiger partial charge on any atom is 0.310 e. The second-order valence-corrected chi connectivity index (χ2v) is 3.29. The number of hydrogen-bond donors (Lipinski definition) is 1. The molecular formula is C11H12O2. The third-order valence-electron chi connectivity index (χ3n) is 2.47. The molecule has 1 aromatic carbocycles. The van der Waals surface area contributed by atoms with Crippen molar-refractivity contribution in [1.82, 2.24) is 0 Å². The van der Waals surface area contributed by atoms with Crippen LogP contribution < -0.4 is 0 Å². The number of aliphatic carboxylic acids is 1. The summed E-state index contributed by atoms with van der Waals surface area (Å²) >= 11 is 0. The smallest absolute Gasteiger partial charge is 0.310 e. The highest BCUT2D eigenvalue weighted by Gasteiger charge is 2.25. The van der Waals surface area contributed by atoms with Gasteiger partial charge in [-0.15, -0.1) is 0 Å². The molecule has 0 saturated heterocycles. The summed E-state index contributed by atoms with van der Waals surface area (Å²) in [7, 11) is 0. The van der Waals surface area contributed by atoms with E-state index in [2.05, 4.69) is 0 Å². The molecule has 0 radical (unpaired) electrons. The molecule has 0 aromatic heterocycles. The molecule has 1 aliphatic rings. The number of carboxylic acids is 1. The van der Waals surface area contributed by atoms with Crippen LogP contribution in [0.1, 0.15) is 31.2 Å². The number of rotatable bonds is 1. The van der Waals surface area contributed by atoms with Gasteiger partial charge in [0.1, 0.15) is 0 Å². The Morgan fingerprint density at radius 3 is 3.08 bits per heavy atom. The van der Waals surface area contributed by atoms with Gasteiger partial charge in [0, 0.05) is 1.37 Å². The minimum absolute atomic E-state index is 0.416. The highest BCUT2D eigenvalue weighted by atomic mass is 16.4. The molecular weight excluding hydrogens is 164 g/mol. The van der Waals surface area contributed by atoms with Gasteiger partial charge in [-0.3, -0.25) is 4.79 Å². The molecule has 1 unspecified atom stereocenters. The largest absolute Gasteiger partial charge is 0.481 e. The predicted molar refractivity (Wildman–Crippen MR) is 49.8 cm³/mol. The Morgan fingerprint density at radius 1 is 1.54 bits per heavy atom. The van der Waals surface area contributed by atoms with Crippen LogP contribution in [0.2, 0.25) is 0 Å². The van der Waals surface area contributed by atoms with E-state index in [1.54, 1.807) is 12.1 Å². The first-order valence-corrected chi connectivity index (χ1v) is 4.46. The van der Waals surface area contributed by atoms with Gasteiger partial charge in [-0.05, 0) is 30.4 Å². The summed E-state index contributed by atoms with van der Waals surface area (Å²) in [6, 6.07) is 7.37. The van der Waals surface area contributed by atoms with Crippen molar-refractivity contribution in [2.75, 3.05) is 0 Å².